The highest BCUT2D eigenvalue weighted by atomic mass is 16.6. The van der Waals surface area contributed by atoms with Gasteiger partial charge in [0.15, 0.2) is 0 Å². The van der Waals surface area contributed by atoms with Crippen LogP contribution in [0.4, 0.5) is 4.79 Å². The second-order valence-corrected chi connectivity index (χ2v) is 10.4. The molecule has 0 unspecified atom stereocenters. The van der Waals surface area contributed by atoms with Crippen LogP contribution in [0.2, 0.25) is 0 Å². The Balaban J connectivity index is 1.27. The van der Waals surface area contributed by atoms with Crippen LogP contribution < -0.4 is 5.32 Å². The Morgan fingerprint density at radius 2 is 1.46 bits per heavy atom. The van der Waals surface area contributed by atoms with Gasteiger partial charge >= 0.3 is 6.09 Å². The lowest BCUT2D eigenvalue weighted by Crippen LogP contribution is -2.54. The van der Waals surface area contributed by atoms with E-state index in [-0.39, 0.29) is 37.0 Å². The van der Waals surface area contributed by atoms with Crippen LogP contribution >= 0.6 is 0 Å². The summed E-state index contributed by atoms with van der Waals surface area (Å²) in [6.07, 6.45) is 1.53. The predicted octanol–water partition coefficient (Wildman–Crippen LogP) is 4.93. The van der Waals surface area contributed by atoms with Crippen molar-refractivity contribution < 1.29 is 19.1 Å². The van der Waals surface area contributed by atoms with Crippen LogP contribution in [0.5, 0.6) is 0 Å². The standard InChI is InChI=1S/C32H35N3O4/c1-23-21-34(32(38)39-22-24-11-5-2-6-12-24)20-19-27-17-18-28(35(27)31(23)37)30(36)33-29(25-13-7-3-8-14-25)26-15-9-4-10-16-26/h2-16,23,27-29H,17-22H2,1H3,(H,33,36)/t23-,27+,28-/m0/s1. The number of amides is 3. The molecule has 0 bridgehead atoms. The highest BCUT2D eigenvalue weighted by molar-refractivity contribution is 5.90. The number of carbonyl (C=O) groups is 3. The Morgan fingerprint density at radius 1 is 0.872 bits per heavy atom. The highest BCUT2D eigenvalue weighted by Gasteiger charge is 2.44. The maximum atomic E-state index is 13.7. The van der Waals surface area contributed by atoms with Crippen LogP contribution in [0.15, 0.2) is 91.0 Å². The largest absolute Gasteiger partial charge is 0.445 e. The van der Waals surface area contributed by atoms with E-state index in [0.29, 0.717) is 19.4 Å². The van der Waals surface area contributed by atoms with Crippen LogP contribution in [-0.2, 0) is 20.9 Å². The van der Waals surface area contributed by atoms with Crippen molar-refractivity contribution >= 4 is 17.9 Å². The number of ether oxygens (including phenoxy) is 1. The zero-order chi connectivity index (χ0) is 27.2. The molecular formula is C32H35N3O4. The van der Waals surface area contributed by atoms with Crippen LogP contribution in [-0.4, -0.2) is 52.9 Å². The molecule has 2 aliphatic rings. The number of carbonyl (C=O) groups excluding carboxylic acids is 3. The fourth-order valence-electron chi connectivity index (χ4n) is 5.68. The zero-order valence-electron chi connectivity index (χ0n) is 22.2. The summed E-state index contributed by atoms with van der Waals surface area (Å²) in [7, 11) is 0. The van der Waals surface area contributed by atoms with Crippen molar-refractivity contribution in [1.82, 2.24) is 15.1 Å². The quantitative estimate of drug-likeness (QED) is 0.495. The summed E-state index contributed by atoms with van der Waals surface area (Å²) < 4.78 is 5.54. The Bertz CT molecular complexity index is 1230. The van der Waals surface area contributed by atoms with E-state index in [2.05, 4.69) is 5.32 Å². The summed E-state index contributed by atoms with van der Waals surface area (Å²) in [5, 5.41) is 3.24. The molecule has 2 saturated heterocycles. The molecule has 0 aromatic heterocycles. The minimum atomic E-state index is -0.531. The molecule has 2 fully saturated rings. The SMILES string of the molecule is C[C@H]1CN(C(=O)OCc2ccccc2)CC[C@H]2CC[C@@H](C(=O)NC(c3ccccc3)c3ccccc3)N2C1=O. The molecule has 3 aromatic rings. The lowest BCUT2D eigenvalue weighted by Gasteiger charge is -2.37. The van der Waals surface area contributed by atoms with E-state index in [4.69, 9.17) is 4.74 Å². The van der Waals surface area contributed by atoms with Gasteiger partial charge in [-0.2, -0.15) is 0 Å². The maximum absolute atomic E-state index is 13.7. The van der Waals surface area contributed by atoms with Crippen molar-refractivity contribution in [2.24, 2.45) is 5.92 Å². The number of hydrogen-bond acceptors (Lipinski definition) is 4. The fourth-order valence-corrected chi connectivity index (χ4v) is 5.68. The van der Waals surface area contributed by atoms with Crippen molar-refractivity contribution in [3.05, 3.63) is 108 Å². The molecule has 0 spiro atoms. The number of fused-ring (bicyclic) bond motifs is 1. The van der Waals surface area contributed by atoms with Gasteiger partial charge in [-0.05, 0) is 36.0 Å². The number of nitrogens with one attached hydrogen (secondary N) is 1. The van der Waals surface area contributed by atoms with Gasteiger partial charge in [-0.1, -0.05) is 97.9 Å². The number of rotatable bonds is 6. The maximum Gasteiger partial charge on any atom is 0.410 e. The number of benzene rings is 3. The lowest BCUT2D eigenvalue weighted by atomic mass is 9.98. The lowest BCUT2D eigenvalue weighted by molar-refractivity contribution is -0.144. The summed E-state index contributed by atoms with van der Waals surface area (Å²) in [5.41, 5.74) is 2.90. The molecule has 39 heavy (non-hydrogen) atoms. The topological polar surface area (TPSA) is 79.0 Å². The molecule has 2 aliphatic heterocycles. The normalized spacial score (nSPS) is 21.2. The average molecular weight is 526 g/mol. The molecule has 202 valence electrons. The van der Waals surface area contributed by atoms with Gasteiger partial charge in [-0.25, -0.2) is 4.79 Å². The molecule has 0 radical (unpaired) electrons. The monoisotopic (exact) mass is 525 g/mol. The van der Waals surface area contributed by atoms with Crippen LogP contribution in [0.25, 0.3) is 0 Å². The first-order chi connectivity index (χ1) is 19.0. The molecule has 3 atom stereocenters. The first-order valence-electron chi connectivity index (χ1n) is 13.7. The molecular weight excluding hydrogens is 490 g/mol. The van der Waals surface area contributed by atoms with E-state index in [1.165, 1.54) is 0 Å². The van der Waals surface area contributed by atoms with E-state index >= 15 is 0 Å². The highest BCUT2D eigenvalue weighted by Crippen LogP contribution is 2.32. The van der Waals surface area contributed by atoms with E-state index in [9.17, 15) is 14.4 Å². The van der Waals surface area contributed by atoms with Crippen molar-refractivity contribution in [1.29, 1.82) is 0 Å². The summed E-state index contributed by atoms with van der Waals surface area (Å²) in [5.74, 6) is -0.672. The first-order valence-corrected chi connectivity index (χ1v) is 13.7. The van der Waals surface area contributed by atoms with Crippen molar-refractivity contribution in [3.63, 3.8) is 0 Å². The Hall–Kier alpha value is -4.13. The summed E-state index contributed by atoms with van der Waals surface area (Å²) >= 11 is 0. The number of nitrogens with zero attached hydrogens (tertiary/aromatic N) is 2. The third kappa shape index (κ3) is 6.14. The van der Waals surface area contributed by atoms with Gasteiger partial charge in [0.2, 0.25) is 11.8 Å². The number of hydrogen-bond donors (Lipinski definition) is 1. The Morgan fingerprint density at radius 3 is 2.08 bits per heavy atom. The molecule has 3 aromatic carbocycles. The molecule has 2 heterocycles. The van der Waals surface area contributed by atoms with Crippen LogP contribution in [0.1, 0.15) is 48.9 Å². The van der Waals surface area contributed by atoms with Crippen molar-refractivity contribution in [3.8, 4) is 0 Å². The van der Waals surface area contributed by atoms with Crippen molar-refractivity contribution in [2.75, 3.05) is 13.1 Å². The average Bonchev–Trinajstić information content (AvgIpc) is 3.40. The Kier molecular flexibility index (Phi) is 8.25. The molecule has 3 amide bonds. The summed E-state index contributed by atoms with van der Waals surface area (Å²) in [6, 6.07) is 28.4. The van der Waals surface area contributed by atoms with Gasteiger partial charge in [-0.15, -0.1) is 0 Å². The molecule has 7 heteroatoms. The molecule has 0 saturated carbocycles. The van der Waals surface area contributed by atoms with Gasteiger partial charge in [0, 0.05) is 19.1 Å². The first kappa shape index (κ1) is 26.5. The third-order valence-corrected chi connectivity index (χ3v) is 7.72. The minimum Gasteiger partial charge on any atom is -0.445 e. The van der Waals surface area contributed by atoms with Crippen LogP contribution in [0.3, 0.4) is 0 Å². The third-order valence-electron chi connectivity index (χ3n) is 7.72. The zero-order valence-corrected chi connectivity index (χ0v) is 22.2. The van der Waals surface area contributed by atoms with E-state index < -0.39 is 18.1 Å². The molecule has 1 N–H and O–H groups in total. The van der Waals surface area contributed by atoms with Crippen LogP contribution in [0, 0.1) is 5.92 Å². The Labute approximate surface area is 229 Å². The van der Waals surface area contributed by atoms with Gasteiger partial charge in [-0.3, -0.25) is 9.59 Å². The smallest absolute Gasteiger partial charge is 0.410 e. The van der Waals surface area contributed by atoms with Gasteiger partial charge < -0.3 is 19.9 Å². The predicted molar refractivity (Wildman–Crippen MR) is 149 cm³/mol. The van der Waals surface area contributed by atoms with Crippen molar-refractivity contribution in [2.45, 2.75) is 50.9 Å². The fraction of sp³-hybridized carbons (Fsp3) is 0.344. The molecule has 0 aliphatic carbocycles. The van der Waals surface area contributed by atoms with E-state index in [0.717, 1.165) is 23.1 Å². The molecule has 5 rings (SSSR count). The minimum absolute atomic E-state index is 0.0887. The summed E-state index contributed by atoms with van der Waals surface area (Å²) in [6.45, 7) is 2.77. The van der Waals surface area contributed by atoms with Gasteiger partial charge in [0.1, 0.15) is 12.6 Å². The second-order valence-electron chi connectivity index (χ2n) is 10.4. The van der Waals surface area contributed by atoms with Gasteiger partial charge in [0.25, 0.3) is 0 Å². The van der Waals surface area contributed by atoms with E-state index in [1.807, 2.05) is 97.9 Å². The second kappa shape index (κ2) is 12.2. The van der Waals surface area contributed by atoms with Gasteiger partial charge in [0.05, 0.1) is 12.0 Å². The van der Waals surface area contributed by atoms with E-state index in [1.54, 1.807) is 9.80 Å². The molecule has 7 nitrogen and oxygen atoms in total. The summed E-state index contributed by atoms with van der Waals surface area (Å²) in [4.78, 5) is 43.6.